The molecule has 1 aliphatic heterocycles. The second kappa shape index (κ2) is 6.57. The maximum absolute atomic E-state index is 12.3. The smallest absolute Gasteiger partial charge is 0.309 e. The van der Waals surface area contributed by atoms with Gasteiger partial charge in [0.05, 0.1) is 12.5 Å². The summed E-state index contributed by atoms with van der Waals surface area (Å²) in [5.74, 6) is -0.0142. The van der Waals surface area contributed by atoms with E-state index in [-0.39, 0.29) is 23.3 Å². The van der Waals surface area contributed by atoms with Gasteiger partial charge in [-0.1, -0.05) is 12.8 Å². The van der Waals surface area contributed by atoms with Crippen molar-refractivity contribution in [1.82, 2.24) is 4.90 Å². The van der Waals surface area contributed by atoms with Crippen molar-refractivity contribution >= 4 is 11.9 Å². The molecule has 0 aromatic rings. The number of piperidine rings is 1. The van der Waals surface area contributed by atoms with Gasteiger partial charge in [0, 0.05) is 25.0 Å². The van der Waals surface area contributed by atoms with Crippen LogP contribution in [0.1, 0.15) is 51.9 Å². The Kier molecular flexibility index (Phi) is 5.02. The van der Waals surface area contributed by atoms with E-state index in [9.17, 15) is 9.59 Å². The van der Waals surface area contributed by atoms with E-state index >= 15 is 0 Å². The lowest BCUT2D eigenvalue weighted by molar-refractivity contribution is -0.151. The molecule has 5 nitrogen and oxygen atoms in total. The maximum Gasteiger partial charge on any atom is 0.309 e. The summed E-state index contributed by atoms with van der Waals surface area (Å²) in [4.78, 5) is 25.8. The SMILES string of the molecule is CCOC(=O)C1CCN(C(=O)CC2(N)CCCC2)CC1. The number of likely N-dealkylation sites (tertiary alicyclic amines) is 1. The van der Waals surface area contributed by atoms with Crippen molar-refractivity contribution in [3.8, 4) is 0 Å². The van der Waals surface area contributed by atoms with Crippen LogP contribution in [0.25, 0.3) is 0 Å². The van der Waals surface area contributed by atoms with Crippen LogP contribution in [-0.4, -0.2) is 42.0 Å². The second-order valence-corrected chi connectivity index (χ2v) is 6.15. The molecule has 1 saturated carbocycles. The van der Waals surface area contributed by atoms with E-state index in [0.29, 0.717) is 39.0 Å². The summed E-state index contributed by atoms with van der Waals surface area (Å²) in [6, 6.07) is 0. The minimum atomic E-state index is -0.283. The molecule has 1 amide bonds. The summed E-state index contributed by atoms with van der Waals surface area (Å²) < 4.78 is 5.04. The fourth-order valence-electron chi connectivity index (χ4n) is 3.29. The molecule has 1 aliphatic carbocycles. The highest BCUT2D eigenvalue weighted by Crippen LogP contribution is 2.31. The van der Waals surface area contributed by atoms with Gasteiger partial charge in [0.1, 0.15) is 0 Å². The van der Waals surface area contributed by atoms with Crippen molar-refractivity contribution in [1.29, 1.82) is 0 Å². The van der Waals surface area contributed by atoms with Crippen molar-refractivity contribution in [2.75, 3.05) is 19.7 Å². The molecule has 0 spiro atoms. The molecule has 2 N–H and O–H groups in total. The Morgan fingerprint density at radius 1 is 1.25 bits per heavy atom. The van der Waals surface area contributed by atoms with Crippen LogP contribution in [0.5, 0.6) is 0 Å². The van der Waals surface area contributed by atoms with E-state index in [1.807, 2.05) is 11.8 Å². The Hall–Kier alpha value is -1.10. The van der Waals surface area contributed by atoms with Crippen molar-refractivity contribution in [2.24, 2.45) is 11.7 Å². The van der Waals surface area contributed by atoms with E-state index in [1.165, 1.54) is 0 Å². The molecule has 0 aromatic carbocycles. The molecule has 2 aliphatic rings. The van der Waals surface area contributed by atoms with Crippen molar-refractivity contribution < 1.29 is 14.3 Å². The molecule has 1 saturated heterocycles. The predicted molar refractivity (Wildman–Crippen MR) is 75.9 cm³/mol. The monoisotopic (exact) mass is 282 g/mol. The van der Waals surface area contributed by atoms with Gasteiger partial charge in [-0.3, -0.25) is 9.59 Å². The molecule has 0 aromatic heterocycles. The summed E-state index contributed by atoms with van der Waals surface area (Å²) in [5, 5.41) is 0. The summed E-state index contributed by atoms with van der Waals surface area (Å²) >= 11 is 0. The summed E-state index contributed by atoms with van der Waals surface area (Å²) in [7, 11) is 0. The van der Waals surface area contributed by atoms with E-state index in [1.54, 1.807) is 0 Å². The van der Waals surface area contributed by atoms with Gasteiger partial charge < -0.3 is 15.4 Å². The van der Waals surface area contributed by atoms with Crippen LogP contribution < -0.4 is 5.73 Å². The number of carbonyl (C=O) groups is 2. The molecule has 2 rings (SSSR count). The Morgan fingerprint density at radius 2 is 1.85 bits per heavy atom. The number of ether oxygens (including phenoxy) is 1. The summed E-state index contributed by atoms with van der Waals surface area (Å²) in [6.07, 6.45) is 6.06. The number of hydrogen-bond acceptors (Lipinski definition) is 4. The Balaban J connectivity index is 1.78. The van der Waals surface area contributed by atoms with Crippen LogP contribution in [0, 0.1) is 5.92 Å². The molecule has 0 unspecified atom stereocenters. The van der Waals surface area contributed by atoms with Crippen molar-refractivity contribution in [2.45, 2.75) is 57.4 Å². The van der Waals surface area contributed by atoms with Crippen LogP contribution in [-0.2, 0) is 14.3 Å². The Morgan fingerprint density at radius 3 is 2.40 bits per heavy atom. The highest BCUT2D eigenvalue weighted by Gasteiger charge is 2.35. The first-order valence-corrected chi connectivity index (χ1v) is 7.77. The molecule has 0 radical (unpaired) electrons. The first-order chi connectivity index (χ1) is 9.54. The molecule has 114 valence electrons. The highest BCUT2D eigenvalue weighted by molar-refractivity contribution is 5.78. The van der Waals surface area contributed by atoms with Gasteiger partial charge in [-0.2, -0.15) is 0 Å². The minimum Gasteiger partial charge on any atom is -0.466 e. The molecule has 2 fully saturated rings. The van der Waals surface area contributed by atoms with Gasteiger partial charge in [0.2, 0.25) is 5.91 Å². The number of rotatable bonds is 4. The fourth-order valence-corrected chi connectivity index (χ4v) is 3.29. The number of carbonyl (C=O) groups excluding carboxylic acids is 2. The molecule has 1 heterocycles. The number of nitrogens with zero attached hydrogens (tertiary/aromatic N) is 1. The third-order valence-electron chi connectivity index (χ3n) is 4.57. The number of hydrogen-bond donors (Lipinski definition) is 1. The third-order valence-corrected chi connectivity index (χ3v) is 4.57. The van der Waals surface area contributed by atoms with Gasteiger partial charge in [-0.25, -0.2) is 0 Å². The lowest BCUT2D eigenvalue weighted by Gasteiger charge is -2.33. The van der Waals surface area contributed by atoms with Crippen molar-refractivity contribution in [3.05, 3.63) is 0 Å². The second-order valence-electron chi connectivity index (χ2n) is 6.15. The first-order valence-electron chi connectivity index (χ1n) is 7.77. The molecule has 0 bridgehead atoms. The lowest BCUT2D eigenvalue weighted by Crippen LogP contribution is -2.46. The van der Waals surface area contributed by atoms with E-state index < -0.39 is 0 Å². The quantitative estimate of drug-likeness (QED) is 0.792. The first kappa shape index (κ1) is 15.3. The number of esters is 1. The van der Waals surface area contributed by atoms with Crippen LogP contribution >= 0.6 is 0 Å². The molecule has 5 heteroatoms. The highest BCUT2D eigenvalue weighted by atomic mass is 16.5. The molecular weight excluding hydrogens is 256 g/mol. The zero-order chi connectivity index (χ0) is 14.6. The topological polar surface area (TPSA) is 72.6 Å². The van der Waals surface area contributed by atoms with Gasteiger partial charge in [0.15, 0.2) is 0 Å². The average molecular weight is 282 g/mol. The Bertz CT molecular complexity index is 356. The van der Waals surface area contributed by atoms with Crippen LogP contribution in [0.15, 0.2) is 0 Å². The van der Waals surface area contributed by atoms with Gasteiger partial charge in [-0.05, 0) is 32.6 Å². The van der Waals surface area contributed by atoms with E-state index in [4.69, 9.17) is 10.5 Å². The zero-order valence-electron chi connectivity index (χ0n) is 12.4. The van der Waals surface area contributed by atoms with E-state index in [0.717, 1.165) is 25.7 Å². The van der Waals surface area contributed by atoms with Crippen LogP contribution in [0.2, 0.25) is 0 Å². The van der Waals surface area contributed by atoms with Gasteiger partial charge >= 0.3 is 5.97 Å². The predicted octanol–water partition coefficient (Wildman–Crippen LogP) is 1.45. The normalized spacial score (nSPS) is 22.8. The largest absolute Gasteiger partial charge is 0.466 e. The molecule has 20 heavy (non-hydrogen) atoms. The number of amides is 1. The van der Waals surface area contributed by atoms with Crippen LogP contribution in [0.3, 0.4) is 0 Å². The zero-order valence-corrected chi connectivity index (χ0v) is 12.4. The maximum atomic E-state index is 12.3. The van der Waals surface area contributed by atoms with Gasteiger partial charge in [0.25, 0.3) is 0 Å². The lowest BCUT2D eigenvalue weighted by atomic mass is 9.92. The van der Waals surface area contributed by atoms with Crippen molar-refractivity contribution in [3.63, 3.8) is 0 Å². The minimum absolute atomic E-state index is 0.0442. The average Bonchev–Trinajstić information content (AvgIpc) is 2.85. The summed E-state index contributed by atoms with van der Waals surface area (Å²) in [6.45, 7) is 3.54. The third kappa shape index (κ3) is 3.72. The fraction of sp³-hybridized carbons (Fsp3) is 0.867. The molecular formula is C15H26N2O3. The number of nitrogens with two attached hydrogens (primary N) is 1. The summed E-state index contributed by atoms with van der Waals surface area (Å²) in [5.41, 5.74) is 5.98. The van der Waals surface area contributed by atoms with Gasteiger partial charge in [-0.15, -0.1) is 0 Å². The van der Waals surface area contributed by atoms with E-state index in [2.05, 4.69) is 0 Å². The van der Waals surface area contributed by atoms with Crippen LogP contribution in [0.4, 0.5) is 0 Å². The molecule has 0 atom stereocenters. The standard InChI is InChI=1S/C15H26N2O3/c1-2-20-14(19)12-5-9-17(10-6-12)13(18)11-15(16)7-3-4-8-15/h12H,2-11,16H2,1H3. The Labute approximate surface area is 120 Å².